The summed E-state index contributed by atoms with van der Waals surface area (Å²) in [6.07, 6.45) is 2.75. The average molecular weight is 242 g/mol. The van der Waals surface area contributed by atoms with Gasteiger partial charge in [0.05, 0.1) is 0 Å². The van der Waals surface area contributed by atoms with Gasteiger partial charge in [0.2, 0.25) is 0 Å². The van der Waals surface area contributed by atoms with Crippen molar-refractivity contribution in [2.45, 2.75) is 52.1 Å². The maximum atomic E-state index is 12.0. The van der Waals surface area contributed by atoms with Crippen LogP contribution in [0.5, 0.6) is 0 Å². The molecule has 0 aliphatic heterocycles. The van der Waals surface area contributed by atoms with Gasteiger partial charge in [0.25, 0.3) is 0 Å². The van der Waals surface area contributed by atoms with Crippen LogP contribution in [0.25, 0.3) is 0 Å². The molecule has 1 fully saturated rings. The lowest BCUT2D eigenvalue weighted by Crippen LogP contribution is -2.50. The van der Waals surface area contributed by atoms with Gasteiger partial charge in [0, 0.05) is 12.6 Å². The predicted octanol–water partition coefficient (Wildman–Crippen LogP) is 1.68. The Balaban J connectivity index is 2.53. The van der Waals surface area contributed by atoms with E-state index in [-0.39, 0.29) is 12.1 Å². The lowest BCUT2D eigenvalue weighted by atomic mass is 10.2. The maximum absolute atomic E-state index is 12.0. The molecule has 1 aliphatic carbocycles. The lowest BCUT2D eigenvalue weighted by molar-refractivity contribution is -0.139. The van der Waals surface area contributed by atoms with Crippen LogP contribution in [0.4, 0.5) is 4.79 Å². The number of nitrogens with zero attached hydrogens (tertiary/aromatic N) is 1. The number of carboxylic acids is 1. The third kappa shape index (κ3) is 4.24. The summed E-state index contributed by atoms with van der Waals surface area (Å²) >= 11 is 0. The van der Waals surface area contributed by atoms with E-state index < -0.39 is 12.0 Å². The second kappa shape index (κ2) is 5.89. The maximum Gasteiger partial charge on any atom is 0.326 e. The van der Waals surface area contributed by atoms with Crippen LogP contribution < -0.4 is 5.32 Å². The van der Waals surface area contributed by atoms with Gasteiger partial charge >= 0.3 is 12.0 Å². The topological polar surface area (TPSA) is 69.6 Å². The molecule has 5 heteroatoms. The minimum Gasteiger partial charge on any atom is -0.480 e. The van der Waals surface area contributed by atoms with E-state index in [0.29, 0.717) is 12.3 Å². The van der Waals surface area contributed by atoms with Crippen molar-refractivity contribution in [3.8, 4) is 0 Å². The highest BCUT2D eigenvalue weighted by atomic mass is 16.4. The number of nitrogens with one attached hydrogen (secondary N) is 1. The van der Waals surface area contributed by atoms with Crippen LogP contribution in [0.1, 0.15) is 40.0 Å². The monoisotopic (exact) mass is 242 g/mol. The molecule has 98 valence electrons. The first kappa shape index (κ1) is 13.8. The van der Waals surface area contributed by atoms with Crippen molar-refractivity contribution in [1.29, 1.82) is 0 Å². The van der Waals surface area contributed by atoms with Crippen molar-refractivity contribution in [3.05, 3.63) is 0 Å². The summed E-state index contributed by atoms with van der Waals surface area (Å²) in [6, 6.07) is -0.953. The van der Waals surface area contributed by atoms with E-state index in [4.69, 9.17) is 5.11 Å². The van der Waals surface area contributed by atoms with Gasteiger partial charge in [0.15, 0.2) is 0 Å². The first-order chi connectivity index (χ1) is 7.95. The molecule has 0 heterocycles. The first-order valence-electron chi connectivity index (χ1n) is 6.25. The molecule has 0 spiro atoms. The van der Waals surface area contributed by atoms with Crippen molar-refractivity contribution in [1.82, 2.24) is 10.2 Å². The van der Waals surface area contributed by atoms with Gasteiger partial charge in [-0.3, -0.25) is 0 Å². The standard InChI is InChI=1S/C12H22N2O3/c1-4-10(11(15)16)13-12(17)14(8(2)3)7-9-5-6-9/h8-10H,4-7H2,1-3H3,(H,13,17)(H,15,16). The molecular weight excluding hydrogens is 220 g/mol. The van der Waals surface area contributed by atoms with Crippen LogP contribution in [0.3, 0.4) is 0 Å². The van der Waals surface area contributed by atoms with E-state index >= 15 is 0 Å². The molecule has 0 aromatic heterocycles. The number of hydrogen-bond donors (Lipinski definition) is 2. The van der Waals surface area contributed by atoms with E-state index in [2.05, 4.69) is 5.32 Å². The highest BCUT2D eigenvalue weighted by Gasteiger charge is 2.29. The Morgan fingerprint density at radius 2 is 2.00 bits per heavy atom. The summed E-state index contributed by atoms with van der Waals surface area (Å²) in [5.41, 5.74) is 0. The van der Waals surface area contributed by atoms with Gasteiger partial charge in [-0.25, -0.2) is 9.59 Å². The van der Waals surface area contributed by atoms with Gasteiger partial charge in [-0.1, -0.05) is 6.92 Å². The van der Waals surface area contributed by atoms with Gasteiger partial charge < -0.3 is 15.3 Å². The fraction of sp³-hybridized carbons (Fsp3) is 0.833. The molecule has 1 unspecified atom stereocenters. The molecule has 2 amide bonds. The fourth-order valence-corrected chi connectivity index (χ4v) is 1.68. The average Bonchev–Trinajstić information content (AvgIpc) is 3.04. The lowest BCUT2D eigenvalue weighted by Gasteiger charge is -2.28. The van der Waals surface area contributed by atoms with Gasteiger partial charge in [-0.05, 0) is 39.0 Å². The summed E-state index contributed by atoms with van der Waals surface area (Å²) in [5.74, 6) is -0.371. The molecule has 0 bridgehead atoms. The molecular formula is C12H22N2O3. The predicted molar refractivity (Wildman–Crippen MR) is 64.8 cm³/mol. The van der Waals surface area contributed by atoms with Gasteiger partial charge in [-0.15, -0.1) is 0 Å². The number of aliphatic carboxylic acids is 1. The quantitative estimate of drug-likeness (QED) is 0.744. The van der Waals surface area contributed by atoms with E-state index in [1.807, 2.05) is 13.8 Å². The summed E-state index contributed by atoms with van der Waals surface area (Å²) < 4.78 is 0. The van der Waals surface area contributed by atoms with Crippen molar-refractivity contribution in [2.24, 2.45) is 5.92 Å². The van der Waals surface area contributed by atoms with E-state index in [1.165, 1.54) is 12.8 Å². The Bertz CT molecular complexity index is 287. The minimum atomic E-state index is -0.976. The van der Waals surface area contributed by atoms with E-state index in [1.54, 1.807) is 11.8 Å². The van der Waals surface area contributed by atoms with Crippen LogP contribution in [-0.4, -0.2) is 40.6 Å². The second-order valence-corrected chi connectivity index (χ2v) is 4.94. The summed E-state index contributed by atoms with van der Waals surface area (Å²) in [6.45, 7) is 6.38. The molecule has 1 rings (SSSR count). The normalized spacial score (nSPS) is 16.7. The SMILES string of the molecule is CCC(NC(=O)N(CC1CC1)C(C)C)C(=O)O. The van der Waals surface area contributed by atoms with Crippen LogP contribution in [0.15, 0.2) is 0 Å². The number of carboxylic acid groups (broad SMARTS) is 1. The number of carbonyl (C=O) groups excluding carboxylic acids is 1. The molecule has 17 heavy (non-hydrogen) atoms. The highest BCUT2D eigenvalue weighted by molar-refractivity contribution is 5.82. The molecule has 1 aliphatic rings. The summed E-state index contributed by atoms with van der Waals surface area (Å²) in [5, 5.41) is 11.5. The third-order valence-corrected chi connectivity index (χ3v) is 3.04. The number of hydrogen-bond acceptors (Lipinski definition) is 2. The highest BCUT2D eigenvalue weighted by Crippen LogP contribution is 2.30. The van der Waals surface area contributed by atoms with Gasteiger partial charge in [0.1, 0.15) is 6.04 Å². The Hall–Kier alpha value is -1.26. The number of rotatable bonds is 6. The second-order valence-electron chi connectivity index (χ2n) is 4.94. The smallest absolute Gasteiger partial charge is 0.326 e. The first-order valence-corrected chi connectivity index (χ1v) is 6.25. The molecule has 5 nitrogen and oxygen atoms in total. The van der Waals surface area contributed by atoms with Crippen molar-refractivity contribution >= 4 is 12.0 Å². The van der Waals surface area contributed by atoms with E-state index in [9.17, 15) is 9.59 Å². The van der Waals surface area contributed by atoms with Gasteiger partial charge in [-0.2, -0.15) is 0 Å². The Morgan fingerprint density at radius 1 is 1.41 bits per heavy atom. The Kier molecular flexibility index (Phi) is 4.78. The summed E-state index contributed by atoms with van der Waals surface area (Å²) in [4.78, 5) is 24.6. The zero-order valence-corrected chi connectivity index (χ0v) is 10.8. The van der Waals surface area contributed by atoms with Crippen LogP contribution in [0.2, 0.25) is 0 Å². The van der Waals surface area contributed by atoms with Crippen LogP contribution in [0, 0.1) is 5.92 Å². The molecule has 0 aromatic rings. The Labute approximate surface area is 102 Å². The molecule has 0 aromatic carbocycles. The molecule has 0 saturated heterocycles. The number of carbonyl (C=O) groups is 2. The Morgan fingerprint density at radius 3 is 2.35 bits per heavy atom. The van der Waals surface area contributed by atoms with Crippen molar-refractivity contribution in [3.63, 3.8) is 0 Å². The minimum absolute atomic E-state index is 0.0990. The molecule has 0 radical (unpaired) electrons. The van der Waals surface area contributed by atoms with Crippen molar-refractivity contribution < 1.29 is 14.7 Å². The largest absolute Gasteiger partial charge is 0.480 e. The van der Waals surface area contributed by atoms with Crippen LogP contribution >= 0.6 is 0 Å². The van der Waals surface area contributed by atoms with Crippen molar-refractivity contribution in [2.75, 3.05) is 6.54 Å². The zero-order valence-electron chi connectivity index (χ0n) is 10.8. The number of amides is 2. The summed E-state index contributed by atoms with van der Waals surface area (Å²) in [7, 11) is 0. The number of urea groups is 1. The third-order valence-electron chi connectivity index (χ3n) is 3.04. The van der Waals surface area contributed by atoms with E-state index in [0.717, 1.165) is 6.54 Å². The molecule has 1 saturated carbocycles. The van der Waals surface area contributed by atoms with Crippen LogP contribution in [-0.2, 0) is 4.79 Å². The molecule has 1 atom stereocenters. The zero-order chi connectivity index (χ0) is 13.0. The molecule has 2 N–H and O–H groups in total. The fourth-order valence-electron chi connectivity index (χ4n) is 1.68.